The number of nitrogens with zero attached hydrogens (tertiary/aromatic N) is 2. The summed E-state index contributed by atoms with van der Waals surface area (Å²) < 4.78 is 30.5. The molecule has 180 valence electrons. The topological polar surface area (TPSA) is 83.7 Å². The Morgan fingerprint density at radius 2 is 1.32 bits per heavy atom. The molecule has 6 nitrogen and oxygen atoms in total. The van der Waals surface area contributed by atoms with Gasteiger partial charge in [0.1, 0.15) is 0 Å². The van der Waals surface area contributed by atoms with Crippen LogP contribution in [0.5, 0.6) is 0 Å². The number of amides is 2. The number of nitrogens with two attached hydrogens (primary N) is 1. The SMILES string of the molecule is CC(C)CCC(=O)N(F)C(C)(C(=O)[C@@H](N)CC1CCCCC1)N(F)C(=O)CCC(C)C. The Bertz CT molecular complexity index is 577. The highest BCUT2D eigenvalue weighted by atomic mass is 19.2. The lowest BCUT2D eigenvalue weighted by atomic mass is 9.82. The van der Waals surface area contributed by atoms with Crippen molar-refractivity contribution in [2.24, 2.45) is 23.5 Å². The Labute approximate surface area is 185 Å². The largest absolute Gasteiger partial charge is 0.321 e. The molecule has 0 spiro atoms. The molecular weight excluding hydrogens is 404 g/mol. The monoisotopic (exact) mass is 445 g/mol. The van der Waals surface area contributed by atoms with Crippen molar-refractivity contribution in [2.45, 2.75) is 111 Å². The van der Waals surface area contributed by atoms with E-state index in [0.717, 1.165) is 39.0 Å². The summed E-state index contributed by atoms with van der Waals surface area (Å²) in [6.07, 6.45) is 5.69. The third-order valence-corrected chi connectivity index (χ3v) is 6.19. The van der Waals surface area contributed by atoms with Crippen LogP contribution in [-0.4, -0.2) is 39.5 Å². The van der Waals surface area contributed by atoms with E-state index in [1.807, 2.05) is 27.7 Å². The second kappa shape index (κ2) is 12.5. The molecule has 1 aliphatic carbocycles. The van der Waals surface area contributed by atoms with Crippen molar-refractivity contribution in [3.05, 3.63) is 0 Å². The van der Waals surface area contributed by atoms with Crippen LogP contribution in [0.4, 0.5) is 8.96 Å². The number of carbonyl (C=O) groups is 3. The molecule has 8 heteroatoms. The minimum absolute atomic E-state index is 0.127. The number of carbonyl (C=O) groups excluding carboxylic acids is 3. The molecule has 2 amide bonds. The van der Waals surface area contributed by atoms with E-state index in [1.165, 1.54) is 0 Å². The van der Waals surface area contributed by atoms with Gasteiger partial charge in [0.25, 0.3) is 11.8 Å². The fraction of sp³-hybridized carbons (Fsp3) is 0.870. The molecule has 1 fully saturated rings. The van der Waals surface area contributed by atoms with Gasteiger partial charge in [0.15, 0.2) is 5.78 Å². The highest BCUT2D eigenvalue weighted by molar-refractivity contribution is 5.97. The maximum atomic E-state index is 15.3. The predicted molar refractivity (Wildman–Crippen MR) is 117 cm³/mol. The van der Waals surface area contributed by atoms with E-state index < -0.39 is 39.5 Å². The average Bonchev–Trinajstić information content (AvgIpc) is 2.73. The van der Waals surface area contributed by atoms with Crippen molar-refractivity contribution in [1.82, 2.24) is 10.2 Å². The summed E-state index contributed by atoms with van der Waals surface area (Å²) >= 11 is 0. The van der Waals surface area contributed by atoms with E-state index in [0.29, 0.717) is 12.8 Å². The van der Waals surface area contributed by atoms with E-state index in [4.69, 9.17) is 5.73 Å². The molecule has 0 heterocycles. The van der Waals surface area contributed by atoms with E-state index in [1.54, 1.807) is 0 Å². The van der Waals surface area contributed by atoms with Gasteiger partial charge in [0, 0.05) is 12.8 Å². The fourth-order valence-electron chi connectivity index (χ4n) is 4.02. The first kappa shape index (κ1) is 27.5. The first-order valence-corrected chi connectivity index (χ1v) is 11.7. The molecule has 0 aromatic carbocycles. The van der Waals surface area contributed by atoms with Gasteiger partial charge in [-0.25, -0.2) is 0 Å². The quantitative estimate of drug-likeness (QED) is 0.343. The van der Waals surface area contributed by atoms with Crippen LogP contribution in [0.15, 0.2) is 0 Å². The van der Waals surface area contributed by atoms with Gasteiger partial charge in [0.2, 0.25) is 5.66 Å². The van der Waals surface area contributed by atoms with Crippen molar-refractivity contribution in [2.75, 3.05) is 0 Å². The highest BCUT2D eigenvalue weighted by Crippen LogP contribution is 2.31. The molecular formula is C23H41F2N3O3. The Morgan fingerprint density at radius 1 is 0.903 bits per heavy atom. The number of rotatable bonds is 12. The molecule has 2 N–H and O–H groups in total. The number of hydrogen-bond donors (Lipinski definition) is 1. The predicted octanol–water partition coefficient (Wildman–Crippen LogP) is 4.87. The summed E-state index contributed by atoms with van der Waals surface area (Å²) in [5.74, 6) is -2.60. The highest BCUT2D eigenvalue weighted by Gasteiger charge is 2.53. The van der Waals surface area contributed by atoms with Gasteiger partial charge in [-0.1, -0.05) is 68.8 Å². The van der Waals surface area contributed by atoms with Gasteiger partial charge < -0.3 is 5.73 Å². The number of halogens is 2. The van der Waals surface area contributed by atoms with Crippen LogP contribution in [-0.2, 0) is 14.4 Å². The minimum Gasteiger partial charge on any atom is -0.321 e. The zero-order chi connectivity index (χ0) is 23.8. The van der Waals surface area contributed by atoms with Crippen molar-refractivity contribution >= 4 is 17.6 Å². The van der Waals surface area contributed by atoms with Crippen LogP contribution in [0.1, 0.15) is 98.8 Å². The fourth-order valence-corrected chi connectivity index (χ4v) is 4.02. The summed E-state index contributed by atoms with van der Waals surface area (Å²) in [5.41, 5.74) is 3.38. The first-order chi connectivity index (χ1) is 14.4. The molecule has 0 saturated heterocycles. The van der Waals surface area contributed by atoms with Crippen LogP contribution < -0.4 is 5.73 Å². The van der Waals surface area contributed by atoms with Gasteiger partial charge in [-0.15, -0.1) is 10.2 Å². The zero-order valence-corrected chi connectivity index (χ0v) is 19.8. The summed E-state index contributed by atoms with van der Waals surface area (Å²) in [4.78, 5) is 38.1. The van der Waals surface area contributed by atoms with Crippen molar-refractivity contribution in [3.63, 3.8) is 0 Å². The summed E-state index contributed by atoms with van der Waals surface area (Å²) in [5, 5.41) is -0.822. The van der Waals surface area contributed by atoms with Crippen molar-refractivity contribution in [3.8, 4) is 0 Å². The zero-order valence-electron chi connectivity index (χ0n) is 19.8. The van der Waals surface area contributed by atoms with E-state index >= 15 is 8.96 Å². The summed E-state index contributed by atoms with van der Waals surface area (Å²) in [6.45, 7) is 8.43. The Morgan fingerprint density at radius 3 is 1.71 bits per heavy atom. The van der Waals surface area contributed by atoms with E-state index in [-0.39, 0.29) is 37.0 Å². The molecule has 0 aromatic rings. The van der Waals surface area contributed by atoms with Crippen LogP contribution >= 0.6 is 0 Å². The third kappa shape index (κ3) is 7.81. The molecule has 1 rings (SSSR count). The Kier molecular flexibility index (Phi) is 11.0. The van der Waals surface area contributed by atoms with E-state index in [9.17, 15) is 14.4 Å². The minimum atomic E-state index is -2.71. The van der Waals surface area contributed by atoms with Gasteiger partial charge in [0.05, 0.1) is 6.04 Å². The average molecular weight is 446 g/mol. The number of hydrogen-bond acceptors (Lipinski definition) is 4. The van der Waals surface area contributed by atoms with Crippen LogP contribution in [0.2, 0.25) is 0 Å². The van der Waals surface area contributed by atoms with Gasteiger partial charge >= 0.3 is 0 Å². The normalized spacial score (nSPS) is 16.5. The van der Waals surface area contributed by atoms with Crippen molar-refractivity contribution in [1.29, 1.82) is 0 Å². The smallest absolute Gasteiger partial charge is 0.253 e. The van der Waals surface area contributed by atoms with Gasteiger partial charge in [-0.3, -0.25) is 14.4 Å². The lowest BCUT2D eigenvalue weighted by molar-refractivity contribution is -0.222. The summed E-state index contributed by atoms with van der Waals surface area (Å²) in [7, 11) is 0. The summed E-state index contributed by atoms with van der Waals surface area (Å²) in [6, 6.07) is -1.17. The molecule has 0 unspecified atom stereocenters. The van der Waals surface area contributed by atoms with Crippen LogP contribution in [0.3, 0.4) is 0 Å². The molecule has 0 aromatic heterocycles. The Hall–Kier alpha value is -1.57. The van der Waals surface area contributed by atoms with Gasteiger partial charge in [-0.05, 0) is 43.9 Å². The van der Waals surface area contributed by atoms with Gasteiger partial charge in [-0.2, -0.15) is 0 Å². The maximum absolute atomic E-state index is 15.3. The first-order valence-electron chi connectivity index (χ1n) is 11.7. The second-order valence-electron chi connectivity index (χ2n) is 9.95. The lowest BCUT2D eigenvalue weighted by Gasteiger charge is -2.39. The molecule has 31 heavy (non-hydrogen) atoms. The van der Waals surface area contributed by atoms with Crippen LogP contribution in [0.25, 0.3) is 0 Å². The molecule has 1 aliphatic rings. The van der Waals surface area contributed by atoms with Crippen LogP contribution in [0, 0.1) is 17.8 Å². The lowest BCUT2D eigenvalue weighted by Crippen LogP contribution is -2.65. The molecule has 1 saturated carbocycles. The second-order valence-corrected chi connectivity index (χ2v) is 9.95. The molecule has 0 aliphatic heterocycles. The maximum Gasteiger partial charge on any atom is 0.253 e. The van der Waals surface area contributed by atoms with Crippen molar-refractivity contribution < 1.29 is 23.3 Å². The number of Topliss-reactive ketones (excluding diaryl/α,β-unsaturated/α-hetero) is 1. The molecule has 0 radical (unpaired) electrons. The Balaban J connectivity index is 3.09. The molecule has 0 bridgehead atoms. The standard InChI is InChI=1S/C23H41F2N3O3/c1-16(2)11-13-20(29)27(24)23(5,28(25)21(30)14-12-17(3)4)22(31)19(26)15-18-9-7-6-8-10-18/h16-19H,6-15,26H2,1-5H3/t19-/m0/s1. The molecule has 1 atom stereocenters. The third-order valence-electron chi connectivity index (χ3n) is 6.19. The van der Waals surface area contributed by atoms with E-state index in [2.05, 4.69) is 0 Å². The number of ketones is 1.